The number of rotatable bonds is 5. The van der Waals surface area contributed by atoms with E-state index in [1.54, 1.807) is 12.1 Å². The van der Waals surface area contributed by atoms with Crippen molar-refractivity contribution in [2.45, 2.75) is 18.0 Å². The van der Waals surface area contributed by atoms with Crippen molar-refractivity contribution < 1.29 is 8.42 Å². The highest BCUT2D eigenvalue weighted by Crippen LogP contribution is 2.23. The molecule has 0 heterocycles. The fourth-order valence-electron chi connectivity index (χ4n) is 1.83. The van der Waals surface area contributed by atoms with E-state index in [0.29, 0.717) is 13.1 Å². The summed E-state index contributed by atoms with van der Waals surface area (Å²) in [5, 5.41) is 8.39. The molecular weight excluding hydrogens is 420 g/mol. The van der Waals surface area contributed by atoms with Crippen LogP contribution >= 0.6 is 31.9 Å². The Labute approximate surface area is 141 Å². The molecule has 0 amide bonds. The summed E-state index contributed by atoms with van der Waals surface area (Å²) < 4.78 is 24.6. The molecule has 2 rings (SSSR count). The highest BCUT2D eigenvalue weighted by atomic mass is 79.9. The van der Waals surface area contributed by atoms with Crippen LogP contribution in [0.3, 0.4) is 0 Å². The lowest BCUT2D eigenvalue weighted by molar-refractivity contribution is 0.597. The normalized spacial score (nSPS) is 11.6. The first kappa shape index (κ1) is 16.6. The number of primary sulfonamides is 1. The van der Waals surface area contributed by atoms with Gasteiger partial charge in [-0.1, -0.05) is 18.2 Å². The lowest BCUT2D eigenvalue weighted by Crippen LogP contribution is -2.15. The Kier molecular flexibility index (Phi) is 5.56. The number of benzene rings is 2. The van der Waals surface area contributed by atoms with Crippen molar-refractivity contribution in [1.82, 2.24) is 5.32 Å². The van der Waals surface area contributed by atoms with Crippen molar-refractivity contribution in [3.63, 3.8) is 0 Å². The molecule has 4 nitrogen and oxygen atoms in total. The lowest BCUT2D eigenvalue weighted by Gasteiger charge is -2.07. The third-order valence-electron chi connectivity index (χ3n) is 2.87. The summed E-state index contributed by atoms with van der Waals surface area (Å²) in [4.78, 5) is 0.133. The minimum atomic E-state index is -3.65. The van der Waals surface area contributed by atoms with E-state index >= 15 is 0 Å². The molecule has 21 heavy (non-hydrogen) atoms. The Morgan fingerprint density at radius 2 is 1.62 bits per heavy atom. The van der Waals surface area contributed by atoms with Crippen LogP contribution in [0.5, 0.6) is 0 Å². The van der Waals surface area contributed by atoms with Crippen LogP contribution < -0.4 is 10.5 Å². The van der Waals surface area contributed by atoms with Gasteiger partial charge >= 0.3 is 0 Å². The van der Waals surface area contributed by atoms with E-state index in [0.717, 1.165) is 20.1 Å². The molecule has 112 valence electrons. The molecule has 0 aliphatic carbocycles. The van der Waals surface area contributed by atoms with E-state index in [1.165, 1.54) is 6.07 Å². The fraction of sp³-hybridized carbons (Fsp3) is 0.143. The van der Waals surface area contributed by atoms with Gasteiger partial charge in [0.25, 0.3) is 0 Å². The number of sulfonamides is 1. The van der Waals surface area contributed by atoms with Gasteiger partial charge in [0, 0.05) is 22.0 Å². The minimum Gasteiger partial charge on any atom is -0.309 e. The van der Waals surface area contributed by atoms with Gasteiger partial charge in [0.2, 0.25) is 10.0 Å². The first-order valence-electron chi connectivity index (χ1n) is 6.12. The summed E-state index contributed by atoms with van der Waals surface area (Å²) in [7, 11) is -3.65. The highest BCUT2D eigenvalue weighted by molar-refractivity contribution is 9.13. The average Bonchev–Trinajstić information content (AvgIpc) is 2.42. The van der Waals surface area contributed by atoms with Crippen LogP contribution in [0.1, 0.15) is 11.1 Å². The molecule has 0 radical (unpaired) electrons. The fourth-order valence-corrected chi connectivity index (χ4v) is 3.09. The molecule has 2 aromatic carbocycles. The SMILES string of the molecule is NS(=O)(=O)c1cccc(CNCc2ccc(Br)c(Br)c2)c1. The van der Waals surface area contributed by atoms with Crippen LogP contribution in [0, 0.1) is 0 Å². The summed E-state index contributed by atoms with van der Waals surface area (Å²) in [6.07, 6.45) is 0. The van der Waals surface area contributed by atoms with E-state index in [4.69, 9.17) is 5.14 Å². The van der Waals surface area contributed by atoms with Gasteiger partial charge in [-0.15, -0.1) is 0 Å². The summed E-state index contributed by atoms with van der Waals surface area (Å²) in [5.74, 6) is 0. The van der Waals surface area contributed by atoms with E-state index < -0.39 is 10.0 Å². The Bertz CT molecular complexity index is 748. The van der Waals surface area contributed by atoms with Crippen LogP contribution in [0.25, 0.3) is 0 Å². The second-order valence-corrected chi connectivity index (χ2v) is 7.81. The van der Waals surface area contributed by atoms with Crippen LogP contribution in [0.15, 0.2) is 56.3 Å². The number of hydrogen-bond donors (Lipinski definition) is 2. The van der Waals surface area contributed by atoms with Crippen LogP contribution in [-0.2, 0) is 23.1 Å². The van der Waals surface area contributed by atoms with Gasteiger partial charge in [0.15, 0.2) is 0 Å². The molecule has 0 aliphatic rings. The molecule has 7 heteroatoms. The molecule has 0 fully saturated rings. The highest BCUT2D eigenvalue weighted by Gasteiger charge is 2.07. The Balaban J connectivity index is 1.99. The van der Waals surface area contributed by atoms with Gasteiger partial charge < -0.3 is 5.32 Å². The summed E-state index contributed by atoms with van der Waals surface area (Å²) >= 11 is 6.88. The van der Waals surface area contributed by atoms with Crippen LogP contribution in [-0.4, -0.2) is 8.42 Å². The van der Waals surface area contributed by atoms with Crippen LogP contribution in [0.2, 0.25) is 0 Å². The molecule has 0 saturated heterocycles. The first-order valence-corrected chi connectivity index (χ1v) is 9.26. The summed E-state index contributed by atoms with van der Waals surface area (Å²) in [5.41, 5.74) is 2.00. The van der Waals surface area contributed by atoms with Crippen molar-refractivity contribution in [1.29, 1.82) is 0 Å². The quantitative estimate of drug-likeness (QED) is 0.760. The van der Waals surface area contributed by atoms with Crippen LogP contribution in [0.4, 0.5) is 0 Å². The third-order valence-corrected chi connectivity index (χ3v) is 5.66. The lowest BCUT2D eigenvalue weighted by atomic mass is 10.2. The molecule has 0 bridgehead atoms. The van der Waals surface area contributed by atoms with Crippen molar-refractivity contribution in [2.75, 3.05) is 0 Å². The van der Waals surface area contributed by atoms with Crippen molar-refractivity contribution in [3.05, 3.63) is 62.5 Å². The van der Waals surface area contributed by atoms with Gasteiger partial charge in [-0.2, -0.15) is 0 Å². The number of nitrogens with two attached hydrogens (primary N) is 1. The predicted octanol–water partition coefficient (Wildman–Crippen LogP) is 3.15. The molecule has 3 N–H and O–H groups in total. The summed E-state index contributed by atoms with van der Waals surface area (Å²) in [6.45, 7) is 1.25. The van der Waals surface area contributed by atoms with E-state index in [9.17, 15) is 8.42 Å². The monoisotopic (exact) mass is 432 g/mol. The molecule has 0 aromatic heterocycles. The molecule has 0 atom stereocenters. The number of hydrogen-bond acceptors (Lipinski definition) is 3. The average molecular weight is 434 g/mol. The molecule has 2 aromatic rings. The maximum Gasteiger partial charge on any atom is 0.238 e. The number of halogens is 2. The second-order valence-electron chi connectivity index (χ2n) is 4.54. The Morgan fingerprint density at radius 3 is 2.24 bits per heavy atom. The maximum absolute atomic E-state index is 11.3. The van der Waals surface area contributed by atoms with E-state index in [2.05, 4.69) is 37.2 Å². The first-order chi connectivity index (χ1) is 9.86. The molecule has 0 spiro atoms. The molecule has 0 aliphatic heterocycles. The van der Waals surface area contributed by atoms with Crippen molar-refractivity contribution >= 4 is 41.9 Å². The van der Waals surface area contributed by atoms with E-state index in [-0.39, 0.29) is 4.90 Å². The van der Waals surface area contributed by atoms with E-state index in [1.807, 2.05) is 24.3 Å². The zero-order valence-electron chi connectivity index (χ0n) is 11.0. The third kappa shape index (κ3) is 4.89. The smallest absolute Gasteiger partial charge is 0.238 e. The largest absolute Gasteiger partial charge is 0.309 e. The van der Waals surface area contributed by atoms with Crippen molar-refractivity contribution in [3.8, 4) is 0 Å². The zero-order chi connectivity index (χ0) is 15.5. The van der Waals surface area contributed by atoms with Crippen molar-refractivity contribution in [2.24, 2.45) is 5.14 Å². The minimum absolute atomic E-state index is 0.133. The topological polar surface area (TPSA) is 72.2 Å². The summed E-state index contributed by atoms with van der Waals surface area (Å²) in [6, 6.07) is 12.6. The Hall–Kier alpha value is -0.730. The molecule has 0 unspecified atom stereocenters. The van der Waals surface area contributed by atoms with Gasteiger partial charge in [-0.3, -0.25) is 0 Å². The second kappa shape index (κ2) is 7.02. The zero-order valence-corrected chi connectivity index (χ0v) is 15.0. The predicted molar refractivity (Wildman–Crippen MR) is 90.2 cm³/mol. The molecular formula is C14H14Br2N2O2S. The van der Waals surface area contributed by atoms with Gasteiger partial charge in [0.1, 0.15) is 0 Å². The van der Waals surface area contributed by atoms with Gasteiger partial charge in [-0.25, -0.2) is 13.6 Å². The standard InChI is InChI=1S/C14H14Br2N2O2S/c15-13-5-4-11(7-14(13)16)9-18-8-10-2-1-3-12(6-10)21(17,19)20/h1-7,18H,8-9H2,(H2,17,19,20). The Morgan fingerprint density at radius 1 is 0.952 bits per heavy atom. The van der Waals surface area contributed by atoms with Gasteiger partial charge in [0.05, 0.1) is 4.90 Å². The maximum atomic E-state index is 11.3. The molecule has 0 saturated carbocycles. The number of nitrogens with one attached hydrogen (secondary N) is 1. The van der Waals surface area contributed by atoms with Gasteiger partial charge in [-0.05, 0) is 67.3 Å².